The SMILES string of the molecule is CN(Cc1ccccc1F)S(=O)(=O)c1ccc(N)c(Cl)c1. The van der Waals surface area contributed by atoms with Crippen molar-refractivity contribution in [3.05, 3.63) is 58.9 Å². The molecule has 0 aromatic heterocycles. The van der Waals surface area contributed by atoms with Crippen LogP contribution in [0.2, 0.25) is 5.02 Å². The Morgan fingerprint density at radius 1 is 1.24 bits per heavy atom. The van der Waals surface area contributed by atoms with Crippen LogP contribution in [0.1, 0.15) is 5.56 Å². The van der Waals surface area contributed by atoms with E-state index >= 15 is 0 Å². The van der Waals surface area contributed by atoms with Crippen LogP contribution in [0.3, 0.4) is 0 Å². The summed E-state index contributed by atoms with van der Waals surface area (Å²) in [5.41, 5.74) is 6.16. The monoisotopic (exact) mass is 328 g/mol. The van der Waals surface area contributed by atoms with Gasteiger partial charge in [0.2, 0.25) is 10.0 Å². The molecule has 2 aromatic carbocycles. The van der Waals surface area contributed by atoms with Gasteiger partial charge in [-0.1, -0.05) is 29.8 Å². The maximum atomic E-state index is 13.6. The van der Waals surface area contributed by atoms with E-state index in [4.69, 9.17) is 17.3 Å². The average molecular weight is 329 g/mol. The molecule has 0 aliphatic heterocycles. The molecule has 0 aliphatic carbocycles. The van der Waals surface area contributed by atoms with Crippen molar-refractivity contribution < 1.29 is 12.8 Å². The second-order valence-electron chi connectivity index (χ2n) is 4.54. The Morgan fingerprint density at radius 2 is 1.90 bits per heavy atom. The molecule has 2 N–H and O–H groups in total. The standard InChI is InChI=1S/C14H14ClFN2O2S/c1-18(9-10-4-2-3-5-13(10)16)21(19,20)11-6-7-14(17)12(15)8-11/h2-8H,9,17H2,1H3. The fraction of sp³-hybridized carbons (Fsp3) is 0.143. The van der Waals surface area contributed by atoms with Crippen molar-refractivity contribution in [2.24, 2.45) is 0 Å². The largest absolute Gasteiger partial charge is 0.398 e. The summed E-state index contributed by atoms with van der Waals surface area (Å²) in [4.78, 5) is 0.0144. The molecule has 0 amide bonds. The number of hydrogen-bond acceptors (Lipinski definition) is 3. The van der Waals surface area contributed by atoms with Gasteiger partial charge in [0.25, 0.3) is 0 Å². The Morgan fingerprint density at radius 3 is 2.52 bits per heavy atom. The van der Waals surface area contributed by atoms with E-state index in [0.29, 0.717) is 11.3 Å². The summed E-state index contributed by atoms with van der Waals surface area (Å²) in [5, 5.41) is 0.162. The predicted octanol–water partition coefficient (Wildman–Crippen LogP) is 2.88. The van der Waals surface area contributed by atoms with E-state index in [2.05, 4.69) is 0 Å². The molecule has 112 valence electrons. The number of nitrogen functional groups attached to an aromatic ring is 1. The highest BCUT2D eigenvalue weighted by Gasteiger charge is 2.22. The van der Waals surface area contributed by atoms with E-state index in [1.807, 2.05) is 0 Å². The minimum atomic E-state index is -3.77. The molecule has 0 atom stereocenters. The first-order valence-electron chi connectivity index (χ1n) is 6.07. The number of anilines is 1. The molecule has 4 nitrogen and oxygen atoms in total. The Labute approximate surface area is 128 Å². The maximum absolute atomic E-state index is 13.6. The molecular formula is C14H14ClFN2O2S. The lowest BCUT2D eigenvalue weighted by molar-refractivity contribution is 0.456. The Bertz CT molecular complexity index is 765. The third-order valence-electron chi connectivity index (χ3n) is 3.03. The number of hydrogen-bond donors (Lipinski definition) is 1. The molecule has 0 bridgehead atoms. The first-order chi connectivity index (χ1) is 9.82. The van der Waals surface area contributed by atoms with E-state index in [0.717, 1.165) is 4.31 Å². The van der Waals surface area contributed by atoms with Crippen molar-refractivity contribution >= 4 is 27.3 Å². The van der Waals surface area contributed by atoms with Gasteiger partial charge in [-0.15, -0.1) is 0 Å². The average Bonchev–Trinajstić information content (AvgIpc) is 2.44. The summed E-state index contributed by atoms with van der Waals surface area (Å²) >= 11 is 5.84. The van der Waals surface area contributed by atoms with Crippen molar-refractivity contribution in [1.82, 2.24) is 4.31 Å². The highest BCUT2D eigenvalue weighted by Crippen LogP contribution is 2.25. The molecular weight excluding hydrogens is 315 g/mol. The van der Waals surface area contributed by atoms with Crippen LogP contribution in [-0.2, 0) is 16.6 Å². The van der Waals surface area contributed by atoms with Gasteiger partial charge in [-0.3, -0.25) is 0 Å². The van der Waals surface area contributed by atoms with Crippen molar-refractivity contribution in [1.29, 1.82) is 0 Å². The summed E-state index contributed by atoms with van der Waals surface area (Å²) in [6.07, 6.45) is 0. The van der Waals surface area contributed by atoms with Gasteiger partial charge in [0.15, 0.2) is 0 Å². The van der Waals surface area contributed by atoms with Crippen LogP contribution in [0.25, 0.3) is 0 Å². The molecule has 0 saturated heterocycles. The Kier molecular flexibility index (Phi) is 4.51. The number of benzene rings is 2. The lowest BCUT2D eigenvalue weighted by Gasteiger charge is -2.18. The molecule has 0 heterocycles. The van der Waals surface area contributed by atoms with Crippen LogP contribution in [0, 0.1) is 5.82 Å². The number of halogens is 2. The zero-order valence-corrected chi connectivity index (χ0v) is 12.8. The fourth-order valence-corrected chi connectivity index (χ4v) is 3.22. The molecule has 2 aromatic rings. The predicted molar refractivity (Wildman–Crippen MR) is 80.9 cm³/mol. The molecule has 0 saturated carbocycles. The zero-order chi connectivity index (χ0) is 15.6. The van der Waals surface area contributed by atoms with E-state index in [-0.39, 0.29) is 16.5 Å². The van der Waals surface area contributed by atoms with Crippen LogP contribution >= 0.6 is 11.6 Å². The van der Waals surface area contributed by atoms with Crippen LogP contribution in [0.5, 0.6) is 0 Å². The van der Waals surface area contributed by atoms with E-state index in [9.17, 15) is 12.8 Å². The summed E-state index contributed by atoms with van der Waals surface area (Å²) in [6.45, 7) is -0.0724. The quantitative estimate of drug-likeness (QED) is 0.878. The second kappa shape index (κ2) is 6.01. The summed E-state index contributed by atoms with van der Waals surface area (Å²) < 4.78 is 39.5. The number of nitrogens with zero attached hydrogens (tertiary/aromatic N) is 1. The van der Waals surface area contributed by atoms with Gasteiger partial charge < -0.3 is 5.73 Å². The molecule has 21 heavy (non-hydrogen) atoms. The Hall–Kier alpha value is -1.63. The number of nitrogens with two attached hydrogens (primary N) is 1. The first kappa shape index (κ1) is 15.8. The van der Waals surface area contributed by atoms with Gasteiger partial charge in [0.1, 0.15) is 5.82 Å². The zero-order valence-electron chi connectivity index (χ0n) is 11.3. The lowest BCUT2D eigenvalue weighted by Crippen LogP contribution is -2.27. The van der Waals surface area contributed by atoms with Gasteiger partial charge in [0.05, 0.1) is 15.6 Å². The molecule has 0 aliphatic rings. The van der Waals surface area contributed by atoms with Crippen molar-refractivity contribution in [2.45, 2.75) is 11.4 Å². The van der Waals surface area contributed by atoms with E-state index in [1.165, 1.54) is 37.4 Å². The van der Waals surface area contributed by atoms with Crippen LogP contribution in [0.15, 0.2) is 47.4 Å². The summed E-state index contributed by atoms with van der Waals surface area (Å²) in [7, 11) is -2.39. The van der Waals surface area contributed by atoms with Crippen LogP contribution in [-0.4, -0.2) is 19.8 Å². The highest BCUT2D eigenvalue weighted by molar-refractivity contribution is 7.89. The fourth-order valence-electron chi connectivity index (χ4n) is 1.80. The minimum Gasteiger partial charge on any atom is -0.398 e. The number of rotatable bonds is 4. The smallest absolute Gasteiger partial charge is 0.243 e. The van der Waals surface area contributed by atoms with Gasteiger partial charge in [0, 0.05) is 19.2 Å². The Balaban J connectivity index is 2.30. The van der Waals surface area contributed by atoms with Crippen LogP contribution in [0.4, 0.5) is 10.1 Å². The second-order valence-corrected chi connectivity index (χ2v) is 6.99. The summed E-state index contributed by atoms with van der Waals surface area (Å²) in [6, 6.07) is 10.1. The van der Waals surface area contributed by atoms with Crippen molar-refractivity contribution in [2.75, 3.05) is 12.8 Å². The van der Waals surface area contributed by atoms with Crippen LogP contribution < -0.4 is 5.73 Å². The molecule has 0 spiro atoms. The molecule has 2 rings (SSSR count). The van der Waals surface area contributed by atoms with Gasteiger partial charge >= 0.3 is 0 Å². The summed E-state index contributed by atoms with van der Waals surface area (Å²) in [5.74, 6) is -0.449. The van der Waals surface area contributed by atoms with E-state index in [1.54, 1.807) is 12.1 Å². The van der Waals surface area contributed by atoms with Gasteiger partial charge in [-0.2, -0.15) is 4.31 Å². The highest BCUT2D eigenvalue weighted by atomic mass is 35.5. The maximum Gasteiger partial charge on any atom is 0.243 e. The third-order valence-corrected chi connectivity index (χ3v) is 5.16. The molecule has 0 radical (unpaired) electrons. The van der Waals surface area contributed by atoms with Crippen molar-refractivity contribution in [3.8, 4) is 0 Å². The van der Waals surface area contributed by atoms with E-state index < -0.39 is 15.8 Å². The molecule has 7 heteroatoms. The van der Waals surface area contributed by atoms with Crippen molar-refractivity contribution in [3.63, 3.8) is 0 Å². The normalized spacial score (nSPS) is 11.8. The molecule has 0 fully saturated rings. The minimum absolute atomic E-state index is 0.0144. The lowest BCUT2D eigenvalue weighted by atomic mass is 10.2. The number of sulfonamides is 1. The first-order valence-corrected chi connectivity index (χ1v) is 7.89. The van der Waals surface area contributed by atoms with Gasteiger partial charge in [-0.05, 0) is 24.3 Å². The molecule has 0 unspecified atom stereocenters. The topological polar surface area (TPSA) is 63.4 Å². The van der Waals surface area contributed by atoms with Gasteiger partial charge in [-0.25, -0.2) is 12.8 Å². The third kappa shape index (κ3) is 3.34.